The molecule has 1 aromatic heterocycles. The minimum atomic E-state index is -3.47. The Morgan fingerprint density at radius 2 is 2.26 bits per heavy atom. The van der Waals surface area contributed by atoms with Gasteiger partial charge in [-0.1, -0.05) is 6.42 Å². The first kappa shape index (κ1) is 14.5. The molecule has 1 saturated heterocycles. The third kappa shape index (κ3) is 2.82. The lowest BCUT2D eigenvalue weighted by Crippen LogP contribution is -2.52. The lowest BCUT2D eigenvalue weighted by atomic mass is 9.99. The topological polar surface area (TPSA) is 78.1 Å². The Morgan fingerprint density at radius 1 is 1.53 bits per heavy atom. The summed E-state index contributed by atoms with van der Waals surface area (Å²) in [5.41, 5.74) is 0. The predicted octanol–water partition coefficient (Wildman–Crippen LogP) is 0.869. The minimum Gasteiger partial charge on any atom is -0.332 e. The first-order valence-electron chi connectivity index (χ1n) is 6.67. The zero-order chi connectivity index (χ0) is 14.0. The van der Waals surface area contributed by atoms with E-state index in [9.17, 15) is 8.42 Å². The molecule has 1 aliphatic rings. The predicted molar refractivity (Wildman–Crippen MR) is 73.4 cm³/mol. The zero-order valence-corrected chi connectivity index (χ0v) is 12.5. The molecule has 7 heteroatoms. The van der Waals surface area contributed by atoms with Crippen molar-refractivity contribution in [3.8, 4) is 0 Å². The third-order valence-electron chi connectivity index (χ3n) is 3.80. The molecule has 19 heavy (non-hydrogen) atoms. The smallest absolute Gasteiger partial charge is 0.260 e. The summed E-state index contributed by atoms with van der Waals surface area (Å²) in [5, 5.41) is 3.36. The molecule has 2 heterocycles. The summed E-state index contributed by atoms with van der Waals surface area (Å²) >= 11 is 0. The molecule has 0 saturated carbocycles. The van der Waals surface area contributed by atoms with Crippen LogP contribution in [0.1, 0.15) is 32.0 Å². The normalized spacial score (nSPS) is 23.4. The van der Waals surface area contributed by atoms with Crippen LogP contribution in [-0.2, 0) is 10.0 Å². The van der Waals surface area contributed by atoms with Crippen molar-refractivity contribution >= 4 is 10.0 Å². The van der Waals surface area contributed by atoms with E-state index >= 15 is 0 Å². The molecule has 2 atom stereocenters. The second-order valence-corrected chi connectivity index (χ2v) is 6.95. The van der Waals surface area contributed by atoms with E-state index in [0.29, 0.717) is 12.4 Å². The number of rotatable bonds is 4. The molecule has 2 rings (SSSR count). The highest BCUT2D eigenvalue weighted by Gasteiger charge is 2.36. The van der Waals surface area contributed by atoms with E-state index in [1.54, 1.807) is 11.2 Å². The second kappa shape index (κ2) is 5.60. The quantitative estimate of drug-likeness (QED) is 0.861. The maximum absolute atomic E-state index is 12.7. The van der Waals surface area contributed by atoms with Gasteiger partial charge in [0.1, 0.15) is 5.82 Å². The highest BCUT2D eigenvalue weighted by atomic mass is 32.2. The van der Waals surface area contributed by atoms with E-state index in [4.69, 9.17) is 0 Å². The lowest BCUT2D eigenvalue weighted by molar-refractivity contribution is 0.213. The van der Waals surface area contributed by atoms with Crippen molar-refractivity contribution < 1.29 is 8.42 Å². The molecule has 6 nitrogen and oxygen atoms in total. The summed E-state index contributed by atoms with van der Waals surface area (Å²) in [6.07, 6.45) is 4.29. The molecule has 2 N–H and O–H groups in total. The lowest BCUT2D eigenvalue weighted by Gasteiger charge is -2.37. The monoisotopic (exact) mass is 286 g/mol. The molecule has 0 bridgehead atoms. The van der Waals surface area contributed by atoms with Gasteiger partial charge in [0.05, 0.1) is 6.20 Å². The van der Waals surface area contributed by atoms with Gasteiger partial charge in [-0.3, -0.25) is 0 Å². The van der Waals surface area contributed by atoms with E-state index in [1.807, 2.05) is 14.0 Å². The molecule has 0 aliphatic carbocycles. The van der Waals surface area contributed by atoms with Gasteiger partial charge in [0.2, 0.25) is 0 Å². The average Bonchev–Trinajstić information content (AvgIpc) is 2.85. The molecule has 1 aliphatic heterocycles. The fraction of sp³-hybridized carbons (Fsp3) is 0.750. The van der Waals surface area contributed by atoms with Crippen LogP contribution in [0.4, 0.5) is 0 Å². The van der Waals surface area contributed by atoms with Crippen LogP contribution < -0.4 is 5.32 Å². The van der Waals surface area contributed by atoms with Crippen LogP contribution in [-0.4, -0.2) is 48.4 Å². The average molecular weight is 286 g/mol. The van der Waals surface area contributed by atoms with Crippen LogP contribution in [0.15, 0.2) is 11.2 Å². The number of hydrogen-bond acceptors (Lipinski definition) is 4. The fourth-order valence-corrected chi connectivity index (χ4v) is 4.31. The summed E-state index contributed by atoms with van der Waals surface area (Å²) in [4.78, 5) is 6.82. The number of aromatic amines is 1. The van der Waals surface area contributed by atoms with Crippen LogP contribution in [0, 0.1) is 6.92 Å². The minimum absolute atomic E-state index is 0.00681. The van der Waals surface area contributed by atoms with E-state index in [0.717, 1.165) is 19.3 Å². The number of likely N-dealkylation sites (N-methyl/N-ethyl adjacent to an activating group) is 1. The highest BCUT2D eigenvalue weighted by Crippen LogP contribution is 2.26. The van der Waals surface area contributed by atoms with Crippen molar-refractivity contribution in [1.82, 2.24) is 19.6 Å². The molecule has 0 aromatic carbocycles. The van der Waals surface area contributed by atoms with Gasteiger partial charge in [-0.25, -0.2) is 13.4 Å². The van der Waals surface area contributed by atoms with Crippen LogP contribution in [0.3, 0.4) is 0 Å². The van der Waals surface area contributed by atoms with Gasteiger partial charge in [0.25, 0.3) is 10.0 Å². The standard InChI is InChI=1S/C12H22N4O2S/c1-9(13-3)11-6-4-5-7-16(11)19(17,18)12-8-14-10(2)15-12/h8-9,11,13H,4-7H2,1-3H3,(H,14,15). The van der Waals surface area contributed by atoms with Gasteiger partial charge >= 0.3 is 0 Å². The van der Waals surface area contributed by atoms with Crippen molar-refractivity contribution in [3.05, 3.63) is 12.0 Å². The van der Waals surface area contributed by atoms with Crippen molar-refractivity contribution in [2.75, 3.05) is 13.6 Å². The summed E-state index contributed by atoms with van der Waals surface area (Å²) in [7, 11) is -1.60. The van der Waals surface area contributed by atoms with Gasteiger partial charge < -0.3 is 10.3 Å². The Bertz CT molecular complexity index is 526. The summed E-state index contributed by atoms with van der Waals surface area (Å²) in [6, 6.07) is 0.145. The van der Waals surface area contributed by atoms with E-state index < -0.39 is 10.0 Å². The Labute approximate surface area is 114 Å². The molecule has 108 valence electrons. The highest BCUT2D eigenvalue weighted by molar-refractivity contribution is 7.89. The third-order valence-corrected chi connectivity index (χ3v) is 5.63. The molecule has 0 radical (unpaired) electrons. The fourth-order valence-electron chi connectivity index (χ4n) is 2.58. The summed E-state index contributed by atoms with van der Waals surface area (Å²) in [6.45, 7) is 4.36. The Morgan fingerprint density at radius 3 is 2.84 bits per heavy atom. The van der Waals surface area contributed by atoms with Crippen LogP contribution >= 0.6 is 0 Å². The maximum Gasteiger partial charge on any atom is 0.260 e. The van der Waals surface area contributed by atoms with E-state index in [2.05, 4.69) is 15.3 Å². The van der Waals surface area contributed by atoms with Crippen molar-refractivity contribution in [3.63, 3.8) is 0 Å². The SMILES string of the molecule is CNC(C)C1CCCCN1S(=O)(=O)c1cnc(C)[nH]1. The first-order chi connectivity index (χ1) is 8.96. The molecular weight excluding hydrogens is 264 g/mol. The number of aryl methyl sites for hydroxylation is 1. The van der Waals surface area contributed by atoms with Crippen molar-refractivity contribution in [1.29, 1.82) is 0 Å². The maximum atomic E-state index is 12.7. The molecule has 1 fully saturated rings. The van der Waals surface area contributed by atoms with Gasteiger partial charge in [-0.15, -0.1) is 0 Å². The number of piperidine rings is 1. The number of H-pyrrole nitrogens is 1. The molecule has 2 unspecified atom stereocenters. The largest absolute Gasteiger partial charge is 0.332 e. The van der Waals surface area contributed by atoms with Crippen molar-refractivity contribution in [2.24, 2.45) is 0 Å². The Kier molecular flexibility index (Phi) is 4.27. The Hall–Kier alpha value is -0.920. The number of hydrogen-bond donors (Lipinski definition) is 2. The van der Waals surface area contributed by atoms with Gasteiger partial charge in [-0.05, 0) is 33.7 Å². The number of sulfonamides is 1. The summed E-state index contributed by atoms with van der Waals surface area (Å²) in [5.74, 6) is 0.619. The number of imidazole rings is 1. The van der Waals surface area contributed by atoms with E-state index in [-0.39, 0.29) is 17.1 Å². The van der Waals surface area contributed by atoms with Crippen LogP contribution in [0.25, 0.3) is 0 Å². The van der Waals surface area contributed by atoms with Crippen molar-refractivity contribution in [2.45, 2.75) is 50.2 Å². The van der Waals surface area contributed by atoms with E-state index in [1.165, 1.54) is 6.20 Å². The molecule has 0 amide bonds. The summed E-state index contributed by atoms with van der Waals surface area (Å²) < 4.78 is 26.9. The second-order valence-electron chi connectivity index (χ2n) is 5.09. The number of aromatic nitrogens is 2. The molecule has 1 aromatic rings. The van der Waals surface area contributed by atoms with Gasteiger partial charge in [0.15, 0.2) is 5.03 Å². The molecule has 0 spiro atoms. The zero-order valence-electron chi connectivity index (χ0n) is 11.7. The van der Waals surface area contributed by atoms with Gasteiger partial charge in [0, 0.05) is 18.6 Å². The first-order valence-corrected chi connectivity index (χ1v) is 8.11. The number of nitrogens with one attached hydrogen (secondary N) is 2. The van der Waals surface area contributed by atoms with Gasteiger partial charge in [-0.2, -0.15) is 4.31 Å². The number of nitrogens with zero attached hydrogens (tertiary/aromatic N) is 2. The Balaban J connectivity index is 2.31. The van der Waals surface area contributed by atoms with Crippen LogP contribution in [0.5, 0.6) is 0 Å². The van der Waals surface area contributed by atoms with Crippen LogP contribution in [0.2, 0.25) is 0 Å². The molecular formula is C12H22N4O2S.